The maximum absolute atomic E-state index is 13.6. The van der Waals surface area contributed by atoms with Crippen molar-refractivity contribution in [3.8, 4) is 43.4 Å². The van der Waals surface area contributed by atoms with Gasteiger partial charge in [-0.05, 0) is 66.3 Å². The van der Waals surface area contributed by atoms with Crippen molar-refractivity contribution in [2.24, 2.45) is 11.8 Å². The minimum absolute atomic E-state index is 0.0991. The Balaban J connectivity index is 0.908. The summed E-state index contributed by atoms with van der Waals surface area (Å²) < 4.78 is 12.0. The number of nitrogens with zero attached hydrogens (tertiary/aromatic N) is 4. The Kier molecular flexibility index (Phi) is 12.5. The summed E-state index contributed by atoms with van der Waals surface area (Å²) in [4.78, 5) is 73.5. The van der Waals surface area contributed by atoms with E-state index in [1.165, 1.54) is 33.4 Å². The van der Waals surface area contributed by atoms with Gasteiger partial charge in [-0.25, -0.2) is 19.6 Å². The first-order valence-electron chi connectivity index (χ1n) is 21.1. The Morgan fingerprint density at radius 1 is 0.694 bits per heavy atom. The second-order valence-corrected chi connectivity index (χ2v) is 18.7. The zero-order valence-corrected chi connectivity index (χ0v) is 37.3. The molecule has 2 saturated heterocycles. The fraction of sp³-hybridized carbons (Fsp3) is 0.391. The molecule has 2 aliphatic rings. The second kappa shape index (κ2) is 18.2. The number of alkyl carbamates (subject to hydrolysis) is 2. The van der Waals surface area contributed by atoms with Crippen molar-refractivity contribution in [3.63, 3.8) is 0 Å². The number of benzene rings is 2. The molecule has 6 heterocycles. The highest BCUT2D eigenvalue weighted by Gasteiger charge is 2.39. The van der Waals surface area contributed by atoms with Gasteiger partial charge in [-0.3, -0.25) is 9.59 Å². The zero-order chi connectivity index (χ0) is 43.7. The maximum Gasteiger partial charge on any atom is 0.407 e. The average Bonchev–Trinajstić information content (AvgIpc) is 4.13. The van der Waals surface area contributed by atoms with E-state index >= 15 is 0 Å². The molecular weight excluding hydrogens is 825 g/mol. The van der Waals surface area contributed by atoms with Crippen LogP contribution in [0.15, 0.2) is 73.1 Å². The number of hydrogen-bond donors (Lipinski definition) is 4. The van der Waals surface area contributed by atoms with E-state index in [1.54, 1.807) is 22.7 Å². The van der Waals surface area contributed by atoms with Gasteiger partial charge in [-0.15, -0.1) is 22.7 Å². The quantitative estimate of drug-likeness (QED) is 0.0942. The number of aromatic amines is 2. The fourth-order valence-electron chi connectivity index (χ4n) is 8.43. The number of rotatable bonds is 12. The van der Waals surface area contributed by atoms with Gasteiger partial charge in [0.2, 0.25) is 11.8 Å². The number of imidazole rings is 2. The predicted molar refractivity (Wildman–Crippen MR) is 241 cm³/mol. The van der Waals surface area contributed by atoms with Gasteiger partial charge in [0.15, 0.2) is 0 Å². The number of carbonyl (C=O) groups excluding carboxylic acids is 4. The monoisotopic (exact) mass is 876 g/mol. The van der Waals surface area contributed by atoms with Crippen LogP contribution in [0.2, 0.25) is 0 Å². The minimum Gasteiger partial charge on any atom is -0.453 e. The number of thiophene rings is 2. The van der Waals surface area contributed by atoms with Gasteiger partial charge < -0.3 is 39.9 Å². The van der Waals surface area contributed by atoms with Crippen molar-refractivity contribution < 1.29 is 28.7 Å². The van der Waals surface area contributed by atoms with E-state index in [9.17, 15) is 19.2 Å². The Bertz CT molecular complexity index is 2350. The lowest BCUT2D eigenvalue weighted by Crippen LogP contribution is -2.51. The van der Waals surface area contributed by atoms with Crippen molar-refractivity contribution in [2.75, 3.05) is 27.3 Å². The number of hydrogen-bond acceptors (Lipinski definition) is 10. The molecule has 0 aliphatic carbocycles. The van der Waals surface area contributed by atoms with Crippen LogP contribution in [0, 0.1) is 11.8 Å². The molecule has 0 radical (unpaired) electrons. The van der Waals surface area contributed by atoms with Crippen LogP contribution >= 0.6 is 22.7 Å². The average molecular weight is 877 g/mol. The first kappa shape index (κ1) is 42.7. The first-order valence-corrected chi connectivity index (χ1v) is 22.7. The third-order valence-corrected chi connectivity index (χ3v) is 14.2. The lowest BCUT2D eigenvalue weighted by molar-refractivity contribution is -0.136. The van der Waals surface area contributed by atoms with Gasteiger partial charge >= 0.3 is 12.2 Å². The Morgan fingerprint density at radius 3 is 1.65 bits per heavy atom. The number of nitrogens with one attached hydrogen (secondary N) is 4. The van der Waals surface area contributed by atoms with Crippen LogP contribution < -0.4 is 10.6 Å². The highest BCUT2D eigenvalue weighted by molar-refractivity contribution is 7.31. The molecule has 2 aromatic carbocycles. The lowest BCUT2D eigenvalue weighted by atomic mass is 10.0. The fourth-order valence-corrected chi connectivity index (χ4v) is 10.8. The van der Waals surface area contributed by atoms with Crippen LogP contribution in [0.5, 0.6) is 0 Å². The number of methoxy groups -OCH3 is 2. The molecular formula is C46H52N8O6S2. The maximum atomic E-state index is 13.6. The summed E-state index contributed by atoms with van der Waals surface area (Å²) in [5, 5.41) is 5.41. The van der Waals surface area contributed by atoms with Gasteiger partial charge in [0.25, 0.3) is 0 Å². The van der Waals surface area contributed by atoms with Gasteiger partial charge in [0, 0.05) is 44.0 Å². The molecule has 16 heteroatoms. The smallest absolute Gasteiger partial charge is 0.407 e. The Labute approximate surface area is 368 Å². The summed E-state index contributed by atoms with van der Waals surface area (Å²) in [6, 6.07) is 19.7. The molecule has 4 N–H and O–H groups in total. The van der Waals surface area contributed by atoms with Gasteiger partial charge in [-0.1, -0.05) is 76.2 Å². The number of H-pyrrole nitrogens is 2. The van der Waals surface area contributed by atoms with Gasteiger partial charge in [-0.2, -0.15) is 0 Å². The summed E-state index contributed by atoms with van der Waals surface area (Å²) >= 11 is 3.55. The first-order chi connectivity index (χ1) is 29.9. The molecule has 2 fully saturated rings. The highest BCUT2D eigenvalue weighted by Crippen LogP contribution is 2.43. The van der Waals surface area contributed by atoms with E-state index < -0.39 is 24.3 Å². The summed E-state index contributed by atoms with van der Waals surface area (Å²) in [6.45, 7) is 8.84. The summed E-state index contributed by atoms with van der Waals surface area (Å²) in [5.74, 6) is 1.02. The largest absolute Gasteiger partial charge is 0.453 e. The molecule has 0 saturated carbocycles. The lowest BCUT2D eigenvalue weighted by Gasteiger charge is -2.30. The van der Waals surface area contributed by atoms with Crippen molar-refractivity contribution in [3.05, 3.63) is 84.7 Å². The molecule has 6 aromatic rings. The van der Waals surface area contributed by atoms with Gasteiger partial charge in [0.05, 0.1) is 43.9 Å². The summed E-state index contributed by atoms with van der Waals surface area (Å²) in [5.41, 5.74) is 5.96. The predicted octanol–water partition coefficient (Wildman–Crippen LogP) is 9.17. The van der Waals surface area contributed by atoms with Crippen LogP contribution in [-0.2, 0) is 19.1 Å². The van der Waals surface area contributed by atoms with E-state index in [-0.39, 0.29) is 35.7 Å². The molecule has 324 valence electrons. The van der Waals surface area contributed by atoms with Crippen molar-refractivity contribution in [1.29, 1.82) is 0 Å². The third-order valence-electron chi connectivity index (χ3n) is 11.8. The number of amides is 4. The van der Waals surface area contributed by atoms with Crippen LogP contribution in [0.1, 0.15) is 77.1 Å². The SMILES string of the molecule is COC(=O)N[C@H](C(=O)N1CCCC1c1nc(-c2ccc(-c3cc4sc(-c5ccc(-c6cnc([C@@H]7CCCN7C(=O)[C@@H](NC(=O)OC)C(C)C)[nH]6)cc5)cc4s3)cc2)c[nH]1)C(C)C. The van der Waals surface area contributed by atoms with Crippen LogP contribution in [-0.4, -0.2) is 93.1 Å². The van der Waals surface area contributed by atoms with Crippen LogP contribution in [0.25, 0.3) is 52.8 Å². The van der Waals surface area contributed by atoms with Crippen LogP contribution in [0.4, 0.5) is 9.59 Å². The van der Waals surface area contributed by atoms with E-state index in [2.05, 4.69) is 81.3 Å². The molecule has 0 spiro atoms. The van der Waals surface area contributed by atoms with E-state index in [0.717, 1.165) is 71.0 Å². The third kappa shape index (κ3) is 8.71. The van der Waals surface area contributed by atoms with E-state index in [4.69, 9.17) is 19.4 Å². The van der Waals surface area contributed by atoms with Crippen molar-refractivity contribution in [2.45, 2.75) is 77.5 Å². The second-order valence-electron chi connectivity index (χ2n) is 16.6. The Morgan fingerprint density at radius 2 is 1.16 bits per heavy atom. The standard InChI is InChI=1S/C46H52N8O6S2/c1-25(2)39(51-45(57)59-5)43(55)53-19-7-9-33(53)41-47-23-31(49-41)27-11-15-29(16-12-27)35-21-37-38(61-35)22-36(62-37)30-17-13-28(14-18-30)32-24-48-42(50-32)34-10-8-20-54(34)44(56)40(26(3)4)52-46(58)60-6/h11-18,21-26,33-34,39-40H,7-10,19-20H2,1-6H3,(H,47,49)(H,48,50)(H,51,57)(H,52,58)/t33-,34?,39-,40-/m0/s1. The number of aromatic nitrogens is 4. The van der Waals surface area contributed by atoms with Crippen LogP contribution in [0.3, 0.4) is 0 Å². The molecule has 4 atom stereocenters. The molecule has 2 aliphatic heterocycles. The Hall–Kier alpha value is -6.00. The van der Waals surface area contributed by atoms with Gasteiger partial charge in [0.1, 0.15) is 23.7 Å². The number of ether oxygens (including phenoxy) is 2. The minimum atomic E-state index is -0.681. The molecule has 1 unspecified atom stereocenters. The number of carbonyl (C=O) groups is 4. The normalized spacial score (nSPS) is 17.5. The number of likely N-dealkylation sites (tertiary alicyclic amines) is 2. The van der Waals surface area contributed by atoms with E-state index in [0.29, 0.717) is 13.1 Å². The molecule has 8 rings (SSSR count). The zero-order valence-electron chi connectivity index (χ0n) is 35.7. The number of fused-ring (bicyclic) bond motifs is 1. The molecule has 0 bridgehead atoms. The summed E-state index contributed by atoms with van der Waals surface area (Å²) in [7, 11) is 2.59. The topological polar surface area (TPSA) is 175 Å². The molecule has 4 aromatic heterocycles. The molecule has 14 nitrogen and oxygen atoms in total. The molecule has 62 heavy (non-hydrogen) atoms. The van der Waals surface area contributed by atoms with Crippen molar-refractivity contribution >= 4 is 56.1 Å². The highest BCUT2D eigenvalue weighted by atomic mass is 32.1. The molecule has 4 amide bonds. The summed E-state index contributed by atoms with van der Waals surface area (Å²) in [6.07, 6.45) is 5.78. The van der Waals surface area contributed by atoms with E-state index in [1.807, 2.05) is 49.9 Å². The van der Waals surface area contributed by atoms with Crippen molar-refractivity contribution in [1.82, 2.24) is 40.4 Å².